The number of thiophene rings is 1. The topological polar surface area (TPSA) is 79.0 Å². The summed E-state index contributed by atoms with van der Waals surface area (Å²) < 4.78 is 5.09. The monoisotopic (exact) mass is 413 g/mol. The lowest BCUT2D eigenvalue weighted by Gasteiger charge is -2.22. The maximum Gasteiger partial charge on any atom is 0.341 e. The van der Waals surface area contributed by atoms with E-state index < -0.39 is 0 Å². The fourth-order valence-corrected chi connectivity index (χ4v) is 3.77. The SMILES string of the molecule is CCC=O.CCCN(C)C.CCOC(=O)c1c(NC)sc2c1CCN(C=O)C2. The van der Waals surface area contributed by atoms with Gasteiger partial charge in [-0.15, -0.1) is 11.3 Å². The van der Waals surface area contributed by atoms with E-state index in [0.717, 1.165) is 28.1 Å². The molecule has 0 saturated heterocycles. The minimum Gasteiger partial charge on any atom is -0.462 e. The van der Waals surface area contributed by atoms with Gasteiger partial charge < -0.3 is 24.6 Å². The first-order valence-electron chi connectivity index (χ1n) is 9.66. The second-order valence-corrected chi connectivity index (χ2v) is 7.49. The standard InChI is InChI=1S/C12H16N2O3S.C5H13N.C3H6O/c1-3-17-12(16)10-8-4-5-14(7-15)6-9(8)18-11(10)13-2;1-4-5-6(2)3;1-2-3-4/h7,13H,3-6H2,1-2H3;4-5H2,1-3H3;3H,2H2,1H3. The molecule has 0 unspecified atom stereocenters. The number of anilines is 1. The highest BCUT2D eigenvalue weighted by atomic mass is 32.1. The fourth-order valence-electron chi connectivity index (χ4n) is 2.56. The van der Waals surface area contributed by atoms with Gasteiger partial charge in [0.05, 0.1) is 18.7 Å². The maximum atomic E-state index is 12.0. The zero-order chi connectivity index (χ0) is 21.5. The Morgan fingerprint density at radius 2 is 1.93 bits per heavy atom. The van der Waals surface area contributed by atoms with Crippen LogP contribution in [0, 0.1) is 0 Å². The molecule has 0 bridgehead atoms. The average molecular weight is 414 g/mol. The summed E-state index contributed by atoms with van der Waals surface area (Å²) in [6.45, 7) is 8.60. The summed E-state index contributed by atoms with van der Waals surface area (Å²) in [6.07, 6.45) is 4.33. The van der Waals surface area contributed by atoms with Gasteiger partial charge >= 0.3 is 5.97 Å². The van der Waals surface area contributed by atoms with Crippen LogP contribution in [0.2, 0.25) is 0 Å². The molecule has 2 rings (SSSR count). The van der Waals surface area contributed by atoms with E-state index in [2.05, 4.69) is 31.2 Å². The summed E-state index contributed by atoms with van der Waals surface area (Å²) >= 11 is 1.52. The number of ether oxygens (including phenoxy) is 1. The van der Waals surface area contributed by atoms with Crippen molar-refractivity contribution in [1.29, 1.82) is 0 Å². The molecule has 7 nitrogen and oxygen atoms in total. The van der Waals surface area contributed by atoms with Crippen molar-refractivity contribution in [1.82, 2.24) is 9.80 Å². The van der Waals surface area contributed by atoms with E-state index in [1.54, 1.807) is 18.9 Å². The molecule has 0 saturated carbocycles. The maximum absolute atomic E-state index is 12.0. The number of aldehydes is 1. The molecule has 0 atom stereocenters. The number of carbonyl (C=O) groups excluding carboxylic acids is 3. The van der Waals surface area contributed by atoms with Gasteiger partial charge in [0.15, 0.2) is 0 Å². The van der Waals surface area contributed by atoms with Crippen molar-refractivity contribution in [2.45, 2.75) is 46.6 Å². The van der Waals surface area contributed by atoms with Gasteiger partial charge in [0.25, 0.3) is 0 Å². The predicted octanol–water partition coefficient (Wildman–Crippen LogP) is 3.03. The molecule has 1 N–H and O–H groups in total. The highest BCUT2D eigenvalue weighted by Crippen LogP contribution is 2.36. The van der Waals surface area contributed by atoms with Crippen molar-refractivity contribution in [3.05, 3.63) is 16.0 Å². The molecule has 28 heavy (non-hydrogen) atoms. The summed E-state index contributed by atoms with van der Waals surface area (Å²) in [4.78, 5) is 36.9. The van der Waals surface area contributed by atoms with Crippen LogP contribution in [-0.2, 0) is 27.3 Å². The molecule has 160 valence electrons. The first-order valence-corrected chi connectivity index (χ1v) is 10.5. The molecule has 1 aromatic rings. The molecule has 0 spiro atoms. The van der Waals surface area contributed by atoms with Crippen LogP contribution in [0.15, 0.2) is 0 Å². The van der Waals surface area contributed by atoms with Gasteiger partial charge in [0.2, 0.25) is 6.41 Å². The third-order valence-electron chi connectivity index (χ3n) is 3.78. The molecule has 2 heterocycles. The van der Waals surface area contributed by atoms with Gasteiger partial charge in [-0.2, -0.15) is 0 Å². The van der Waals surface area contributed by atoms with Gasteiger partial charge in [-0.05, 0) is 46.0 Å². The highest BCUT2D eigenvalue weighted by Gasteiger charge is 2.27. The molecular formula is C20H35N3O4S. The zero-order valence-corrected chi connectivity index (χ0v) is 18.9. The minimum atomic E-state index is -0.279. The average Bonchev–Trinajstić information content (AvgIpc) is 3.06. The fraction of sp³-hybridized carbons (Fsp3) is 0.650. The van der Waals surface area contributed by atoms with E-state index in [4.69, 9.17) is 4.74 Å². The largest absolute Gasteiger partial charge is 0.462 e. The van der Waals surface area contributed by atoms with Crippen molar-refractivity contribution >= 4 is 35.0 Å². The van der Waals surface area contributed by atoms with Crippen molar-refractivity contribution < 1.29 is 19.1 Å². The lowest BCUT2D eigenvalue weighted by molar-refractivity contribution is -0.118. The molecule has 1 amide bonds. The van der Waals surface area contributed by atoms with Gasteiger partial charge in [-0.25, -0.2) is 4.79 Å². The van der Waals surface area contributed by atoms with Crippen LogP contribution in [0.4, 0.5) is 5.00 Å². The molecule has 0 radical (unpaired) electrons. The molecule has 0 aliphatic carbocycles. The third-order valence-corrected chi connectivity index (χ3v) is 5.01. The van der Waals surface area contributed by atoms with E-state index in [-0.39, 0.29) is 5.97 Å². The molecule has 1 aliphatic heterocycles. The number of carbonyl (C=O) groups is 3. The third kappa shape index (κ3) is 8.84. The lowest BCUT2D eigenvalue weighted by atomic mass is 10.0. The number of hydrogen-bond acceptors (Lipinski definition) is 7. The van der Waals surface area contributed by atoms with Gasteiger partial charge in [0.1, 0.15) is 11.3 Å². The molecular weight excluding hydrogens is 378 g/mol. The van der Waals surface area contributed by atoms with Crippen LogP contribution in [-0.4, -0.2) is 69.3 Å². The summed E-state index contributed by atoms with van der Waals surface area (Å²) in [5.74, 6) is -0.279. The Labute approximate surface area is 173 Å². The van der Waals surface area contributed by atoms with Crippen LogP contribution in [0.3, 0.4) is 0 Å². The summed E-state index contributed by atoms with van der Waals surface area (Å²) in [5, 5.41) is 3.86. The van der Waals surface area contributed by atoms with Crippen molar-refractivity contribution in [3.8, 4) is 0 Å². The number of fused-ring (bicyclic) bond motifs is 1. The number of nitrogens with zero attached hydrogens (tertiary/aromatic N) is 2. The summed E-state index contributed by atoms with van der Waals surface area (Å²) in [6, 6.07) is 0. The van der Waals surface area contributed by atoms with Gasteiger partial charge in [-0.1, -0.05) is 13.8 Å². The van der Waals surface area contributed by atoms with E-state index in [9.17, 15) is 14.4 Å². The van der Waals surface area contributed by atoms with Gasteiger partial charge in [-0.3, -0.25) is 4.79 Å². The molecule has 8 heteroatoms. The summed E-state index contributed by atoms with van der Waals surface area (Å²) in [5.41, 5.74) is 1.67. The van der Waals surface area contributed by atoms with Crippen molar-refractivity contribution in [2.75, 3.05) is 46.2 Å². The van der Waals surface area contributed by atoms with Crippen molar-refractivity contribution in [3.63, 3.8) is 0 Å². The van der Waals surface area contributed by atoms with Gasteiger partial charge in [0, 0.05) is 24.9 Å². The van der Waals surface area contributed by atoms with Crippen LogP contribution in [0.5, 0.6) is 0 Å². The van der Waals surface area contributed by atoms with E-state index in [1.807, 2.05) is 6.92 Å². The number of nitrogens with one attached hydrogen (secondary N) is 1. The van der Waals surface area contributed by atoms with Crippen molar-refractivity contribution in [2.24, 2.45) is 0 Å². The second-order valence-electron chi connectivity index (χ2n) is 6.38. The van der Waals surface area contributed by atoms with E-state index in [1.165, 1.54) is 24.3 Å². The van der Waals surface area contributed by atoms with E-state index >= 15 is 0 Å². The number of amides is 1. The van der Waals surface area contributed by atoms with E-state index in [0.29, 0.717) is 38.1 Å². The van der Waals surface area contributed by atoms with Crippen LogP contribution in [0.1, 0.15) is 54.4 Å². The second kappa shape index (κ2) is 15.0. The smallest absolute Gasteiger partial charge is 0.341 e. The lowest BCUT2D eigenvalue weighted by Crippen LogP contribution is -2.28. The summed E-state index contributed by atoms with van der Waals surface area (Å²) in [7, 11) is 5.96. The first-order chi connectivity index (χ1) is 13.4. The Kier molecular flexibility index (Phi) is 14.0. The normalized spacial score (nSPS) is 12.0. The Morgan fingerprint density at radius 1 is 1.29 bits per heavy atom. The first kappa shape index (κ1) is 26.1. The molecule has 0 aromatic carbocycles. The zero-order valence-electron chi connectivity index (χ0n) is 18.0. The molecule has 1 aliphatic rings. The minimum absolute atomic E-state index is 0.279. The Bertz CT molecular complexity index is 603. The molecule has 1 aromatic heterocycles. The molecule has 0 fully saturated rings. The van der Waals surface area contributed by atoms with Crippen LogP contribution < -0.4 is 5.32 Å². The Hall–Kier alpha value is -1.93. The Balaban J connectivity index is 0.000000608. The van der Waals surface area contributed by atoms with Crippen LogP contribution in [0.25, 0.3) is 0 Å². The number of rotatable bonds is 7. The highest BCUT2D eigenvalue weighted by molar-refractivity contribution is 7.16. The number of hydrogen-bond donors (Lipinski definition) is 1. The number of esters is 1. The Morgan fingerprint density at radius 3 is 2.32 bits per heavy atom. The van der Waals surface area contributed by atoms with Crippen LogP contribution >= 0.6 is 11.3 Å². The quantitative estimate of drug-likeness (QED) is 0.547. The predicted molar refractivity (Wildman–Crippen MR) is 115 cm³/mol.